The number of aromatic hydroxyl groups is 1. The summed E-state index contributed by atoms with van der Waals surface area (Å²) in [7, 11) is 0. The van der Waals surface area contributed by atoms with E-state index in [-0.39, 0.29) is 17.7 Å². The molecule has 1 saturated heterocycles. The molecule has 3 aromatic rings. The number of alkyl halides is 3. The quantitative estimate of drug-likeness (QED) is 0.618. The summed E-state index contributed by atoms with van der Waals surface area (Å²) >= 11 is 1.26. The van der Waals surface area contributed by atoms with Crippen molar-refractivity contribution in [2.75, 3.05) is 13.1 Å². The Labute approximate surface area is 180 Å². The molecule has 31 heavy (non-hydrogen) atoms. The number of halogens is 3. The Bertz CT molecular complexity index is 1080. The van der Waals surface area contributed by atoms with Gasteiger partial charge in [0.05, 0.1) is 16.5 Å². The van der Waals surface area contributed by atoms with Crippen LogP contribution in [-0.2, 0) is 17.4 Å². The maximum Gasteiger partial charge on any atom is 0.416 e. The number of hydrogen-bond donors (Lipinski definition) is 2. The standard InChI is InChI=1S/C20H22F3N5O2S/c1-2-14-25-19-28(26-14)18(30)16(31-19)15(27-9-7-12(8-10-27)17(24)29)11-3-5-13(6-4-11)20(21,22)23/h3-6,12,15,30H,2,7-10H2,1H3,(H2,24,29)/t15-/m0/s1. The fourth-order valence-corrected chi connectivity index (χ4v) is 5.08. The largest absolute Gasteiger partial charge is 0.492 e. The van der Waals surface area contributed by atoms with Gasteiger partial charge in [0.15, 0.2) is 5.82 Å². The maximum absolute atomic E-state index is 13.0. The van der Waals surface area contributed by atoms with Gasteiger partial charge < -0.3 is 10.8 Å². The lowest BCUT2D eigenvalue weighted by atomic mass is 9.93. The van der Waals surface area contributed by atoms with Crippen LogP contribution in [0, 0.1) is 5.92 Å². The van der Waals surface area contributed by atoms with Crippen molar-refractivity contribution in [2.24, 2.45) is 11.7 Å². The van der Waals surface area contributed by atoms with E-state index in [0.717, 1.165) is 12.1 Å². The summed E-state index contributed by atoms with van der Waals surface area (Å²) in [4.78, 5) is 19.1. The van der Waals surface area contributed by atoms with Crippen LogP contribution in [0.25, 0.3) is 4.96 Å². The zero-order chi connectivity index (χ0) is 22.3. The smallest absolute Gasteiger partial charge is 0.416 e. The van der Waals surface area contributed by atoms with Gasteiger partial charge in [-0.3, -0.25) is 9.69 Å². The van der Waals surface area contributed by atoms with Crippen molar-refractivity contribution in [1.29, 1.82) is 0 Å². The predicted octanol–water partition coefficient (Wildman–Crippen LogP) is 3.36. The van der Waals surface area contributed by atoms with E-state index in [4.69, 9.17) is 5.73 Å². The molecule has 4 rings (SSSR count). The highest BCUT2D eigenvalue weighted by Gasteiger charge is 2.35. The normalized spacial score (nSPS) is 17.3. The van der Waals surface area contributed by atoms with Gasteiger partial charge in [-0.1, -0.05) is 30.4 Å². The Balaban J connectivity index is 1.74. The van der Waals surface area contributed by atoms with E-state index >= 15 is 0 Å². The fourth-order valence-electron chi connectivity index (χ4n) is 3.94. The van der Waals surface area contributed by atoms with E-state index in [1.807, 2.05) is 11.8 Å². The Morgan fingerprint density at radius 3 is 2.45 bits per heavy atom. The number of amides is 1. The van der Waals surface area contributed by atoms with Gasteiger partial charge in [-0.15, -0.1) is 5.10 Å². The number of carbonyl (C=O) groups is 1. The first kappa shape index (κ1) is 21.6. The number of nitrogens with two attached hydrogens (primary N) is 1. The number of carbonyl (C=O) groups excluding carboxylic acids is 1. The average molecular weight is 453 g/mol. The number of likely N-dealkylation sites (tertiary alicyclic amines) is 1. The summed E-state index contributed by atoms with van der Waals surface area (Å²) in [6.07, 6.45) is -2.71. The second kappa shape index (κ2) is 8.12. The number of fused-ring (bicyclic) bond motifs is 1. The van der Waals surface area contributed by atoms with Gasteiger partial charge in [0.25, 0.3) is 0 Å². The van der Waals surface area contributed by atoms with E-state index in [2.05, 4.69) is 10.1 Å². The molecule has 1 fully saturated rings. The number of nitrogens with zero attached hydrogens (tertiary/aromatic N) is 4. The highest BCUT2D eigenvalue weighted by atomic mass is 32.1. The predicted molar refractivity (Wildman–Crippen MR) is 109 cm³/mol. The van der Waals surface area contributed by atoms with Crippen LogP contribution < -0.4 is 5.73 Å². The van der Waals surface area contributed by atoms with E-state index in [1.54, 1.807) is 0 Å². The zero-order valence-corrected chi connectivity index (χ0v) is 17.6. The monoisotopic (exact) mass is 453 g/mol. The third kappa shape index (κ3) is 4.11. The maximum atomic E-state index is 13.0. The SMILES string of the molecule is CCc1nc2sc([C@H](c3ccc(C(F)(F)F)cc3)N3CCC(C(N)=O)CC3)c(O)n2n1. The molecule has 1 aliphatic heterocycles. The van der Waals surface area contributed by atoms with Gasteiger partial charge in [0.2, 0.25) is 16.7 Å². The summed E-state index contributed by atoms with van der Waals surface area (Å²) in [5, 5.41) is 15.2. The molecular weight excluding hydrogens is 431 g/mol. The average Bonchev–Trinajstić information content (AvgIpc) is 3.28. The zero-order valence-electron chi connectivity index (χ0n) is 16.8. The molecule has 166 valence electrons. The van der Waals surface area contributed by atoms with Crippen molar-refractivity contribution in [3.63, 3.8) is 0 Å². The van der Waals surface area contributed by atoms with Crippen LogP contribution in [0.15, 0.2) is 24.3 Å². The molecular formula is C20H22F3N5O2S. The summed E-state index contributed by atoms with van der Waals surface area (Å²) in [6.45, 7) is 2.95. The number of piperidine rings is 1. The Morgan fingerprint density at radius 1 is 1.29 bits per heavy atom. The minimum Gasteiger partial charge on any atom is -0.492 e. The fraction of sp³-hybridized carbons (Fsp3) is 0.450. The molecule has 0 unspecified atom stereocenters. The number of aryl methyl sites for hydroxylation is 1. The minimum absolute atomic E-state index is 0.0749. The van der Waals surface area contributed by atoms with E-state index < -0.39 is 17.8 Å². The van der Waals surface area contributed by atoms with Crippen LogP contribution in [0.4, 0.5) is 13.2 Å². The van der Waals surface area contributed by atoms with Gasteiger partial charge in [-0.25, -0.2) is 4.98 Å². The Morgan fingerprint density at radius 2 is 1.94 bits per heavy atom. The van der Waals surface area contributed by atoms with Crippen LogP contribution in [0.2, 0.25) is 0 Å². The number of rotatable bonds is 5. The van der Waals surface area contributed by atoms with Crippen LogP contribution in [0.5, 0.6) is 5.88 Å². The lowest BCUT2D eigenvalue weighted by Gasteiger charge is -2.36. The first-order valence-corrected chi connectivity index (χ1v) is 10.8. The number of aromatic nitrogens is 3. The van der Waals surface area contributed by atoms with E-state index in [1.165, 1.54) is 28.0 Å². The third-order valence-electron chi connectivity index (χ3n) is 5.66. The molecule has 1 aromatic carbocycles. The second-order valence-corrected chi connectivity index (χ2v) is 8.61. The van der Waals surface area contributed by atoms with Crippen molar-refractivity contribution < 1.29 is 23.1 Å². The molecule has 3 N–H and O–H groups in total. The Kier molecular flexibility index (Phi) is 5.65. The summed E-state index contributed by atoms with van der Waals surface area (Å²) < 4.78 is 40.5. The summed E-state index contributed by atoms with van der Waals surface area (Å²) in [5.41, 5.74) is 5.31. The lowest BCUT2D eigenvalue weighted by Crippen LogP contribution is -2.40. The van der Waals surface area contributed by atoms with Crippen LogP contribution >= 0.6 is 11.3 Å². The molecule has 0 spiro atoms. The van der Waals surface area contributed by atoms with Crippen molar-refractivity contribution in [2.45, 2.75) is 38.4 Å². The van der Waals surface area contributed by atoms with Crippen LogP contribution in [0.3, 0.4) is 0 Å². The van der Waals surface area contributed by atoms with Crippen LogP contribution in [0.1, 0.15) is 47.6 Å². The van der Waals surface area contributed by atoms with Gasteiger partial charge in [0.1, 0.15) is 0 Å². The molecule has 2 aromatic heterocycles. The molecule has 1 atom stereocenters. The van der Waals surface area contributed by atoms with Crippen molar-refractivity contribution in [3.05, 3.63) is 46.1 Å². The number of hydrogen-bond acceptors (Lipinski definition) is 6. The molecule has 0 aliphatic carbocycles. The van der Waals surface area contributed by atoms with Crippen molar-refractivity contribution in [1.82, 2.24) is 19.5 Å². The molecule has 0 radical (unpaired) electrons. The molecule has 3 heterocycles. The first-order valence-electron chi connectivity index (χ1n) is 9.96. The van der Waals surface area contributed by atoms with E-state index in [9.17, 15) is 23.1 Å². The van der Waals surface area contributed by atoms with Gasteiger partial charge in [-0.05, 0) is 43.6 Å². The van der Waals surface area contributed by atoms with Crippen LogP contribution in [-0.4, -0.2) is 43.6 Å². The molecule has 0 bridgehead atoms. The van der Waals surface area contributed by atoms with Gasteiger partial charge >= 0.3 is 6.18 Å². The minimum atomic E-state index is -4.43. The number of primary amides is 1. The highest BCUT2D eigenvalue weighted by Crippen LogP contribution is 2.42. The number of thiazole rings is 1. The van der Waals surface area contributed by atoms with Crippen molar-refractivity contribution in [3.8, 4) is 5.88 Å². The van der Waals surface area contributed by atoms with E-state index in [0.29, 0.717) is 53.6 Å². The lowest BCUT2D eigenvalue weighted by molar-refractivity contribution is -0.137. The van der Waals surface area contributed by atoms with Gasteiger partial charge in [0, 0.05) is 12.3 Å². The summed E-state index contributed by atoms with van der Waals surface area (Å²) in [5.74, 6) is -0.0532. The third-order valence-corrected chi connectivity index (χ3v) is 6.73. The molecule has 1 aliphatic rings. The summed E-state index contributed by atoms with van der Waals surface area (Å²) in [6, 6.07) is 4.46. The first-order chi connectivity index (χ1) is 14.7. The molecule has 0 saturated carbocycles. The molecule has 1 amide bonds. The number of benzene rings is 1. The molecule has 7 nitrogen and oxygen atoms in total. The second-order valence-electron chi connectivity index (χ2n) is 7.60. The topological polar surface area (TPSA) is 96.8 Å². The molecule has 11 heteroatoms. The van der Waals surface area contributed by atoms with Gasteiger partial charge in [-0.2, -0.15) is 17.7 Å². The Hall–Kier alpha value is -2.66. The van der Waals surface area contributed by atoms with Crippen molar-refractivity contribution >= 4 is 22.2 Å². The highest BCUT2D eigenvalue weighted by molar-refractivity contribution is 7.17.